The van der Waals surface area contributed by atoms with Crippen molar-refractivity contribution in [3.63, 3.8) is 0 Å². The maximum Gasteiger partial charge on any atom is 0.254 e. The van der Waals surface area contributed by atoms with E-state index >= 15 is 0 Å². The second kappa shape index (κ2) is 10.9. The molecule has 1 saturated heterocycles. The summed E-state index contributed by atoms with van der Waals surface area (Å²) in [5.74, 6) is 0.728. The molecule has 3 atom stereocenters. The molecule has 2 saturated carbocycles. The minimum atomic E-state index is -0.824. The largest absolute Gasteiger partial charge is 0.494 e. The van der Waals surface area contributed by atoms with Crippen LogP contribution in [0.5, 0.6) is 11.6 Å². The Hall–Kier alpha value is -5.23. The molecule has 6 aromatic rings. The zero-order valence-corrected chi connectivity index (χ0v) is 26.5. The number of carbonyl (C=O) groups excluding carboxylic acids is 1. The van der Waals surface area contributed by atoms with Crippen molar-refractivity contribution in [1.29, 1.82) is 0 Å². The molecule has 3 N–H and O–H groups in total. The van der Waals surface area contributed by atoms with Crippen LogP contribution in [0.1, 0.15) is 41.6 Å². The summed E-state index contributed by atoms with van der Waals surface area (Å²) < 4.78 is 26.1. The predicted molar refractivity (Wildman–Crippen MR) is 178 cm³/mol. The van der Waals surface area contributed by atoms with Crippen LogP contribution >= 0.6 is 0 Å². The lowest BCUT2D eigenvalue weighted by Gasteiger charge is -2.27. The van der Waals surface area contributed by atoms with Crippen molar-refractivity contribution >= 4 is 27.8 Å². The monoisotopic (exact) mass is 646 g/mol. The second-order valence-electron chi connectivity index (χ2n) is 13.4. The lowest BCUT2D eigenvalue weighted by Crippen LogP contribution is -2.41. The number of likely N-dealkylation sites (tertiary alicyclic amines) is 1. The highest BCUT2D eigenvalue weighted by atomic mass is 19.1. The third-order valence-electron chi connectivity index (χ3n) is 10.4. The van der Waals surface area contributed by atoms with Gasteiger partial charge in [0, 0.05) is 59.5 Å². The van der Waals surface area contributed by atoms with E-state index in [2.05, 4.69) is 43.5 Å². The Balaban J connectivity index is 1.19. The maximum absolute atomic E-state index is 14.1. The highest BCUT2D eigenvalue weighted by Gasteiger charge is 2.47. The topological polar surface area (TPSA) is 129 Å². The van der Waals surface area contributed by atoms with Crippen molar-refractivity contribution in [3.8, 4) is 28.8 Å². The predicted octanol–water partition coefficient (Wildman–Crippen LogP) is 5.11. The third kappa shape index (κ3) is 4.65. The average Bonchev–Trinajstić information content (AvgIpc) is 3.40. The van der Waals surface area contributed by atoms with Gasteiger partial charge >= 0.3 is 0 Å². The van der Waals surface area contributed by atoms with E-state index < -0.39 is 11.7 Å². The maximum atomic E-state index is 14.1. The molecule has 2 bridgehead atoms. The molecule has 0 radical (unpaired) electrons. The summed E-state index contributed by atoms with van der Waals surface area (Å²) in [6.07, 6.45) is 9.29. The van der Waals surface area contributed by atoms with Crippen molar-refractivity contribution in [2.24, 2.45) is 17.6 Å². The number of pyridine rings is 1. The van der Waals surface area contributed by atoms with Gasteiger partial charge in [-0.15, -0.1) is 0 Å². The Bertz CT molecular complexity index is 2230. The molecule has 0 spiro atoms. The van der Waals surface area contributed by atoms with E-state index in [1.54, 1.807) is 19.5 Å². The first-order valence-corrected chi connectivity index (χ1v) is 16.5. The molecular weight excluding hydrogens is 611 g/mol. The number of hydrogen-bond acceptors (Lipinski definition) is 7. The van der Waals surface area contributed by atoms with Crippen LogP contribution in [0.4, 0.5) is 4.39 Å². The van der Waals surface area contributed by atoms with E-state index in [-0.39, 0.29) is 18.0 Å². The number of carbonyl (C=O) groups is 1. The van der Waals surface area contributed by atoms with Crippen LogP contribution in [0.25, 0.3) is 39.1 Å². The number of benzene rings is 2. The van der Waals surface area contributed by atoms with Crippen molar-refractivity contribution in [2.75, 3.05) is 13.7 Å². The van der Waals surface area contributed by atoms with Gasteiger partial charge in [0.2, 0.25) is 5.88 Å². The number of ether oxygens (including phenoxy) is 1. The fraction of sp³-hybridized carbons (Fsp3) is 0.333. The van der Waals surface area contributed by atoms with Crippen LogP contribution in [0.3, 0.4) is 0 Å². The summed E-state index contributed by atoms with van der Waals surface area (Å²) in [5.41, 5.74) is 11.7. The third-order valence-corrected chi connectivity index (χ3v) is 10.4. The Morgan fingerprint density at radius 3 is 2.69 bits per heavy atom. The van der Waals surface area contributed by atoms with Gasteiger partial charge in [-0.3, -0.25) is 4.79 Å². The first-order valence-electron chi connectivity index (χ1n) is 16.5. The van der Waals surface area contributed by atoms with Gasteiger partial charge in [-0.25, -0.2) is 19.0 Å². The van der Waals surface area contributed by atoms with E-state index in [9.17, 15) is 14.3 Å². The number of aromatic nitrogens is 6. The fourth-order valence-electron chi connectivity index (χ4n) is 7.77. The standard InChI is InChI=1S/C36H35FN8O3/c1-48-31-12-24(36(47)43-19-23-8-9-29(43)32(23)38)10-27-33(31)44(17-21-14-40-45(18-21)25-13-26(37)35(46)39-15-25)34(41-27)30-11-22-4-2-3-5-28(22)42(30)16-20-6-7-20/h2-5,10-15,18,20,23,29,32H,6-9,16-17,19,38H2,1H3,(H,39,46). The van der Waals surface area contributed by atoms with Crippen molar-refractivity contribution in [1.82, 2.24) is 33.8 Å². The van der Waals surface area contributed by atoms with E-state index in [1.165, 1.54) is 29.8 Å². The number of halogens is 1. The Morgan fingerprint density at radius 2 is 1.94 bits per heavy atom. The molecule has 4 aromatic heterocycles. The van der Waals surface area contributed by atoms with Gasteiger partial charge in [-0.2, -0.15) is 5.10 Å². The number of nitrogens with zero attached hydrogens (tertiary/aromatic N) is 7. The quantitative estimate of drug-likeness (QED) is 0.235. The number of methoxy groups -OCH3 is 1. The number of nitrogens with two attached hydrogens (primary N) is 1. The molecule has 2 aromatic carbocycles. The molecular formula is C36H35FN8O3. The molecule has 2 aliphatic carbocycles. The van der Waals surface area contributed by atoms with Crippen LogP contribution in [-0.4, -0.2) is 70.5 Å². The summed E-state index contributed by atoms with van der Waals surface area (Å²) in [5, 5.41) is 15.2. The molecule has 11 nitrogen and oxygen atoms in total. The summed E-state index contributed by atoms with van der Waals surface area (Å²) in [6.45, 7) is 1.94. The molecule has 244 valence electrons. The first-order chi connectivity index (χ1) is 23.4. The Labute approximate surface area is 275 Å². The number of imidazole rings is 1. The number of fused-ring (bicyclic) bond motifs is 4. The molecule has 1 aliphatic heterocycles. The number of rotatable bonds is 8. The minimum Gasteiger partial charge on any atom is -0.494 e. The van der Waals surface area contributed by atoms with Crippen LogP contribution in [0.15, 0.2) is 67.1 Å². The fourth-order valence-corrected chi connectivity index (χ4v) is 7.77. The van der Waals surface area contributed by atoms with Gasteiger partial charge in [-0.1, -0.05) is 18.2 Å². The average molecular weight is 647 g/mol. The lowest BCUT2D eigenvalue weighted by atomic mass is 10.1. The van der Waals surface area contributed by atoms with E-state index in [0.29, 0.717) is 47.4 Å². The van der Waals surface area contributed by atoms with Gasteiger partial charge in [0.1, 0.15) is 11.3 Å². The Kier molecular flexibility index (Phi) is 6.58. The smallest absolute Gasteiger partial charge is 0.254 e. The number of amides is 1. The van der Waals surface area contributed by atoms with Gasteiger partial charge in [0.05, 0.1) is 42.9 Å². The van der Waals surface area contributed by atoms with E-state index in [0.717, 1.165) is 52.9 Å². The highest BCUT2D eigenvalue weighted by molar-refractivity contribution is 6.00. The van der Waals surface area contributed by atoms with Gasteiger partial charge in [-0.05, 0) is 61.8 Å². The molecule has 5 heterocycles. The Morgan fingerprint density at radius 1 is 1.08 bits per heavy atom. The molecule has 3 aliphatic rings. The van der Waals surface area contributed by atoms with Crippen molar-refractivity contribution in [3.05, 3.63) is 84.1 Å². The molecule has 3 unspecified atom stereocenters. The molecule has 12 heteroatoms. The van der Waals surface area contributed by atoms with Crippen LogP contribution in [0, 0.1) is 17.7 Å². The number of hydrogen-bond donors (Lipinski definition) is 2. The SMILES string of the molecule is COc1cc(C(=O)N2CC3CCC2C3N)cc2nc(-c3cc4ccccc4n3CC3CC3)n(Cc3cnn(-c4cnc(O)c(F)c4)c3)c12. The summed E-state index contributed by atoms with van der Waals surface area (Å²) >= 11 is 0. The van der Waals surface area contributed by atoms with Crippen LogP contribution < -0.4 is 10.5 Å². The number of aromatic hydroxyl groups is 1. The summed E-state index contributed by atoms with van der Waals surface area (Å²) in [6, 6.07) is 15.5. The normalized spacial score (nSPS) is 20.4. The molecule has 1 amide bonds. The van der Waals surface area contributed by atoms with Gasteiger partial charge in [0.25, 0.3) is 5.91 Å². The zero-order valence-electron chi connectivity index (χ0n) is 26.5. The summed E-state index contributed by atoms with van der Waals surface area (Å²) in [4.78, 5) is 24.9. The second-order valence-corrected chi connectivity index (χ2v) is 13.4. The zero-order chi connectivity index (χ0) is 32.7. The van der Waals surface area contributed by atoms with Crippen molar-refractivity contribution in [2.45, 2.75) is 50.9 Å². The van der Waals surface area contributed by atoms with Gasteiger partial charge < -0.3 is 29.6 Å². The van der Waals surface area contributed by atoms with E-state index in [1.807, 2.05) is 23.1 Å². The molecule has 48 heavy (non-hydrogen) atoms. The minimum absolute atomic E-state index is 0.0218. The number of piperidine rings is 1. The van der Waals surface area contributed by atoms with Gasteiger partial charge in [0.15, 0.2) is 11.6 Å². The molecule has 3 fully saturated rings. The number of para-hydroxylation sites is 1. The van der Waals surface area contributed by atoms with E-state index in [4.69, 9.17) is 15.5 Å². The molecule has 9 rings (SSSR count). The first kappa shape index (κ1) is 29.0. The van der Waals surface area contributed by atoms with Crippen LogP contribution in [-0.2, 0) is 13.1 Å². The van der Waals surface area contributed by atoms with Crippen LogP contribution in [0.2, 0.25) is 0 Å². The summed E-state index contributed by atoms with van der Waals surface area (Å²) in [7, 11) is 1.61. The van der Waals surface area contributed by atoms with Crippen molar-refractivity contribution < 1.29 is 19.0 Å². The highest BCUT2D eigenvalue weighted by Crippen LogP contribution is 2.41. The lowest BCUT2D eigenvalue weighted by molar-refractivity contribution is 0.0700.